The van der Waals surface area contributed by atoms with Crippen molar-refractivity contribution in [3.63, 3.8) is 0 Å². The number of fused-ring (bicyclic) bond motifs is 1. The lowest BCUT2D eigenvalue weighted by atomic mass is 10.1. The summed E-state index contributed by atoms with van der Waals surface area (Å²) in [4.78, 5) is 8.06. The van der Waals surface area contributed by atoms with E-state index in [0.717, 1.165) is 11.6 Å². The summed E-state index contributed by atoms with van der Waals surface area (Å²) < 4.78 is 68.0. The van der Waals surface area contributed by atoms with E-state index in [-0.39, 0.29) is 27.4 Å². The highest BCUT2D eigenvalue weighted by Crippen LogP contribution is 2.34. The molecule has 0 spiro atoms. The van der Waals surface area contributed by atoms with Crippen molar-refractivity contribution >= 4 is 26.9 Å². The molecule has 0 amide bonds. The molecule has 4 rings (SSSR count). The van der Waals surface area contributed by atoms with E-state index in [1.54, 1.807) is 12.1 Å². The lowest BCUT2D eigenvalue weighted by Crippen LogP contribution is -2.16. The van der Waals surface area contributed by atoms with Gasteiger partial charge >= 0.3 is 6.18 Å². The number of hydrogen-bond acceptors (Lipinski definition) is 4. The minimum absolute atomic E-state index is 0.000748. The summed E-state index contributed by atoms with van der Waals surface area (Å²) in [7, 11) is -4.05. The second-order valence-corrected chi connectivity index (χ2v) is 8.51. The van der Waals surface area contributed by atoms with E-state index in [0.29, 0.717) is 5.56 Å². The maximum absolute atomic E-state index is 13.2. The van der Waals surface area contributed by atoms with Gasteiger partial charge in [-0.3, -0.25) is 4.72 Å². The zero-order chi connectivity index (χ0) is 22.2. The Morgan fingerprint density at radius 2 is 1.52 bits per heavy atom. The molecule has 0 saturated heterocycles. The van der Waals surface area contributed by atoms with Gasteiger partial charge in [-0.2, -0.15) is 13.2 Å². The number of para-hydroxylation sites is 1. The Kier molecular flexibility index (Phi) is 5.14. The van der Waals surface area contributed by atoms with Crippen LogP contribution in [-0.2, 0) is 16.2 Å². The Hall–Kier alpha value is -3.46. The lowest BCUT2D eigenvalue weighted by molar-refractivity contribution is -0.136. The molecule has 0 aliphatic rings. The van der Waals surface area contributed by atoms with E-state index < -0.39 is 21.8 Å². The number of nitrogens with one attached hydrogen (secondary N) is 1. The van der Waals surface area contributed by atoms with Crippen molar-refractivity contribution in [3.8, 4) is 11.1 Å². The van der Waals surface area contributed by atoms with Crippen LogP contribution in [0.25, 0.3) is 22.2 Å². The number of rotatable bonds is 4. The molecule has 0 saturated carbocycles. The third kappa shape index (κ3) is 4.22. The molecule has 1 heterocycles. The summed E-state index contributed by atoms with van der Waals surface area (Å²) >= 11 is 0. The molecule has 0 aliphatic carbocycles. The van der Waals surface area contributed by atoms with Gasteiger partial charge in [0.2, 0.25) is 0 Å². The molecular formula is C22H16F3N3O2S. The van der Waals surface area contributed by atoms with Crippen LogP contribution in [0.1, 0.15) is 11.3 Å². The van der Waals surface area contributed by atoms with E-state index in [1.165, 1.54) is 31.2 Å². The number of nitrogens with zero attached hydrogens (tertiary/aromatic N) is 2. The minimum atomic E-state index is -4.60. The third-order valence-electron chi connectivity index (χ3n) is 4.66. The van der Waals surface area contributed by atoms with Gasteiger partial charge in [0.15, 0.2) is 5.82 Å². The van der Waals surface area contributed by atoms with Crippen LogP contribution in [0.4, 0.5) is 19.0 Å². The molecule has 5 nitrogen and oxygen atoms in total. The van der Waals surface area contributed by atoms with Crippen molar-refractivity contribution in [1.29, 1.82) is 0 Å². The van der Waals surface area contributed by atoms with Crippen LogP contribution < -0.4 is 4.72 Å². The molecule has 0 fully saturated rings. The van der Waals surface area contributed by atoms with Crippen molar-refractivity contribution < 1.29 is 21.6 Å². The van der Waals surface area contributed by atoms with E-state index in [1.807, 2.05) is 30.3 Å². The quantitative estimate of drug-likeness (QED) is 0.457. The van der Waals surface area contributed by atoms with Crippen molar-refractivity contribution in [2.75, 3.05) is 4.72 Å². The van der Waals surface area contributed by atoms with Crippen LogP contribution in [-0.4, -0.2) is 18.4 Å². The SMILES string of the molecule is Cc1nc2c(C(F)(F)F)cccc2nc1NS(=O)(=O)c1cccc(-c2ccccc2)c1. The number of benzene rings is 3. The third-order valence-corrected chi connectivity index (χ3v) is 5.99. The normalized spacial score (nSPS) is 12.1. The molecule has 1 aromatic heterocycles. The number of anilines is 1. The Labute approximate surface area is 176 Å². The molecule has 31 heavy (non-hydrogen) atoms. The summed E-state index contributed by atoms with van der Waals surface area (Å²) in [5.41, 5.74) is 0.274. The Balaban J connectivity index is 1.73. The summed E-state index contributed by atoms with van der Waals surface area (Å²) in [6, 6.07) is 19.1. The number of aryl methyl sites for hydroxylation is 1. The zero-order valence-electron chi connectivity index (χ0n) is 16.2. The van der Waals surface area contributed by atoms with Gasteiger partial charge in [-0.1, -0.05) is 48.5 Å². The van der Waals surface area contributed by atoms with Crippen LogP contribution in [0.3, 0.4) is 0 Å². The van der Waals surface area contributed by atoms with Gasteiger partial charge in [-0.15, -0.1) is 0 Å². The van der Waals surface area contributed by atoms with Gasteiger partial charge in [0, 0.05) is 0 Å². The highest BCUT2D eigenvalue weighted by molar-refractivity contribution is 7.92. The first-order valence-electron chi connectivity index (χ1n) is 9.18. The van der Waals surface area contributed by atoms with Gasteiger partial charge in [0.05, 0.1) is 21.7 Å². The average molecular weight is 443 g/mol. The molecule has 0 unspecified atom stereocenters. The Bertz CT molecular complexity index is 1370. The van der Waals surface area contributed by atoms with Gasteiger partial charge < -0.3 is 0 Å². The first kappa shape index (κ1) is 20.8. The topological polar surface area (TPSA) is 72.0 Å². The molecule has 0 aliphatic heterocycles. The van der Waals surface area contributed by atoms with Crippen LogP contribution in [0.2, 0.25) is 0 Å². The number of sulfonamides is 1. The number of alkyl halides is 3. The summed E-state index contributed by atoms with van der Waals surface area (Å²) in [6.07, 6.45) is -4.60. The number of hydrogen-bond donors (Lipinski definition) is 1. The molecule has 0 atom stereocenters. The maximum atomic E-state index is 13.2. The predicted octanol–water partition coefficient (Wildman–Crippen LogP) is 5.42. The van der Waals surface area contributed by atoms with Gasteiger partial charge in [-0.25, -0.2) is 18.4 Å². The highest BCUT2D eigenvalue weighted by atomic mass is 32.2. The average Bonchev–Trinajstić information content (AvgIpc) is 2.74. The van der Waals surface area contributed by atoms with Crippen LogP contribution >= 0.6 is 0 Å². The fraction of sp³-hybridized carbons (Fsp3) is 0.0909. The fourth-order valence-electron chi connectivity index (χ4n) is 3.15. The van der Waals surface area contributed by atoms with Gasteiger partial charge in [0.25, 0.3) is 10.0 Å². The number of halogens is 3. The molecule has 0 bridgehead atoms. The largest absolute Gasteiger partial charge is 0.418 e. The van der Waals surface area contributed by atoms with Crippen molar-refractivity contribution in [3.05, 3.63) is 84.1 Å². The van der Waals surface area contributed by atoms with Crippen molar-refractivity contribution in [1.82, 2.24) is 9.97 Å². The van der Waals surface area contributed by atoms with Crippen molar-refractivity contribution in [2.24, 2.45) is 0 Å². The summed E-state index contributed by atoms with van der Waals surface area (Å²) in [5, 5.41) is 0. The maximum Gasteiger partial charge on any atom is 0.418 e. The highest BCUT2D eigenvalue weighted by Gasteiger charge is 2.33. The Morgan fingerprint density at radius 3 is 2.23 bits per heavy atom. The molecule has 1 N–H and O–H groups in total. The van der Waals surface area contributed by atoms with Crippen LogP contribution in [0, 0.1) is 6.92 Å². The molecule has 4 aromatic rings. The molecule has 9 heteroatoms. The second kappa shape index (κ2) is 7.66. The van der Waals surface area contributed by atoms with E-state index in [9.17, 15) is 21.6 Å². The fourth-order valence-corrected chi connectivity index (χ4v) is 4.25. The van der Waals surface area contributed by atoms with Crippen LogP contribution in [0.15, 0.2) is 77.7 Å². The monoisotopic (exact) mass is 443 g/mol. The molecule has 0 radical (unpaired) electrons. The lowest BCUT2D eigenvalue weighted by Gasteiger charge is -2.13. The zero-order valence-corrected chi connectivity index (χ0v) is 17.0. The molecular weight excluding hydrogens is 427 g/mol. The van der Waals surface area contributed by atoms with Gasteiger partial charge in [-0.05, 0) is 42.3 Å². The standard InChI is InChI=1S/C22H16F3N3O2S/c1-14-21(27-19-12-6-11-18(20(19)26-14)22(23,24)25)28-31(29,30)17-10-5-9-16(13-17)15-7-3-2-4-8-15/h2-13H,1H3,(H,27,28). The summed E-state index contributed by atoms with van der Waals surface area (Å²) in [5.74, 6) is -0.128. The summed E-state index contributed by atoms with van der Waals surface area (Å²) in [6.45, 7) is 1.40. The number of aromatic nitrogens is 2. The Morgan fingerprint density at radius 1 is 0.839 bits per heavy atom. The predicted molar refractivity (Wildman–Crippen MR) is 112 cm³/mol. The van der Waals surface area contributed by atoms with E-state index in [2.05, 4.69) is 14.7 Å². The van der Waals surface area contributed by atoms with Crippen LogP contribution in [0.5, 0.6) is 0 Å². The van der Waals surface area contributed by atoms with E-state index in [4.69, 9.17) is 0 Å². The first-order chi connectivity index (χ1) is 14.6. The smallest absolute Gasteiger partial charge is 0.262 e. The molecule has 3 aromatic carbocycles. The van der Waals surface area contributed by atoms with E-state index >= 15 is 0 Å². The molecule has 158 valence electrons. The van der Waals surface area contributed by atoms with Crippen molar-refractivity contribution in [2.45, 2.75) is 18.0 Å². The first-order valence-corrected chi connectivity index (χ1v) is 10.7. The second-order valence-electron chi connectivity index (χ2n) is 6.83. The van der Waals surface area contributed by atoms with Gasteiger partial charge in [0.1, 0.15) is 5.52 Å². The minimum Gasteiger partial charge on any atom is -0.262 e.